The molecule has 0 unspecified atom stereocenters. The lowest BCUT2D eigenvalue weighted by Crippen LogP contribution is -2.20. The zero-order chi connectivity index (χ0) is 14.9. The molecule has 2 aromatic rings. The number of ether oxygens (including phenoxy) is 1. The molecule has 4 nitrogen and oxygen atoms in total. The smallest absolute Gasteiger partial charge is 0.422 e. The van der Waals surface area contributed by atoms with Gasteiger partial charge >= 0.3 is 12.1 Å². The van der Waals surface area contributed by atoms with Crippen LogP contribution in [-0.4, -0.2) is 18.8 Å². The van der Waals surface area contributed by atoms with Crippen LogP contribution in [0.2, 0.25) is 0 Å². The Morgan fingerprint density at radius 1 is 1.30 bits per heavy atom. The summed E-state index contributed by atoms with van der Waals surface area (Å²) >= 11 is 0. The average molecular weight is 291 g/mol. The molecule has 0 saturated carbocycles. The van der Waals surface area contributed by atoms with Gasteiger partial charge in [-0.2, -0.15) is 13.2 Å². The minimum absolute atomic E-state index is 0.00728. The highest BCUT2D eigenvalue weighted by atomic mass is 19.4. The molecule has 8 heteroatoms. The predicted molar refractivity (Wildman–Crippen MR) is 60.4 cm³/mol. The normalized spacial score (nSPS) is 11.8. The number of carbonyl (C=O) groups is 1. The molecular weight excluding hydrogens is 282 g/mol. The summed E-state index contributed by atoms with van der Waals surface area (Å²) in [6.45, 7) is -1.75. The fraction of sp³-hybridized carbons (Fsp3) is 0.250. The van der Waals surface area contributed by atoms with Gasteiger partial charge in [-0.1, -0.05) is 0 Å². The Morgan fingerprint density at radius 2 is 2.00 bits per heavy atom. The summed E-state index contributed by atoms with van der Waals surface area (Å²) in [4.78, 5) is 11.6. The fourth-order valence-corrected chi connectivity index (χ4v) is 1.65. The summed E-state index contributed by atoms with van der Waals surface area (Å²) in [6.07, 6.45) is -4.66. The number of furan rings is 1. The van der Waals surface area contributed by atoms with Gasteiger partial charge in [0.25, 0.3) is 0 Å². The second kappa shape index (κ2) is 5.12. The Hall–Kier alpha value is -2.09. The summed E-state index contributed by atoms with van der Waals surface area (Å²) < 4.78 is 58.6. The van der Waals surface area contributed by atoms with Crippen LogP contribution >= 0.6 is 0 Å². The Balaban J connectivity index is 2.37. The minimum Gasteiger partial charge on any atom is -0.459 e. The van der Waals surface area contributed by atoms with Crippen molar-refractivity contribution >= 4 is 16.9 Å². The van der Waals surface area contributed by atoms with Crippen molar-refractivity contribution in [2.45, 2.75) is 12.7 Å². The van der Waals surface area contributed by atoms with Gasteiger partial charge in [0.15, 0.2) is 6.61 Å². The van der Waals surface area contributed by atoms with Gasteiger partial charge in [0.2, 0.25) is 0 Å². The third-order valence-corrected chi connectivity index (χ3v) is 2.42. The highest BCUT2D eigenvalue weighted by Crippen LogP contribution is 2.26. The van der Waals surface area contributed by atoms with Crippen LogP contribution in [0.4, 0.5) is 17.6 Å². The molecule has 108 valence electrons. The first-order valence-corrected chi connectivity index (χ1v) is 5.46. The van der Waals surface area contributed by atoms with Crippen molar-refractivity contribution in [1.82, 2.24) is 0 Å². The van der Waals surface area contributed by atoms with E-state index in [4.69, 9.17) is 10.2 Å². The van der Waals surface area contributed by atoms with Crippen molar-refractivity contribution < 1.29 is 31.5 Å². The van der Waals surface area contributed by atoms with Crippen LogP contribution in [0, 0.1) is 5.82 Å². The molecule has 0 spiro atoms. The largest absolute Gasteiger partial charge is 0.459 e. The SMILES string of the molecule is NCc1cc2cc(F)cc(C(=O)OCC(F)(F)F)c2o1. The van der Waals surface area contributed by atoms with E-state index in [0.29, 0.717) is 0 Å². The topological polar surface area (TPSA) is 65.5 Å². The Kier molecular flexibility index (Phi) is 3.67. The van der Waals surface area contributed by atoms with Crippen molar-refractivity contribution in [1.29, 1.82) is 0 Å². The minimum atomic E-state index is -4.66. The maximum atomic E-state index is 13.3. The van der Waals surface area contributed by atoms with Gasteiger partial charge in [-0.25, -0.2) is 9.18 Å². The Labute approximate surface area is 110 Å². The molecule has 1 heterocycles. The third kappa shape index (κ3) is 3.08. The number of nitrogens with two attached hydrogens (primary N) is 1. The average Bonchev–Trinajstić information content (AvgIpc) is 2.76. The molecule has 1 aromatic heterocycles. The summed E-state index contributed by atoms with van der Waals surface area (Å²) in [5, 5.41) is 0.226. The van der Waals surface area contributed by atoms with Gasteiger partial charge in [-0.05, 0) is 18.2 Å². The van der Waals surface area contributed by atoms with Crippen LogP contribution in [0.3, 0.4) is 0 Å². The van der Waals surface area contributed by atoms with Crippen LogP contribution in [0.5, 0.6) is 0 Å². The van der Waals surface area contributed by atoms with E-state index in [-0.39, 0.29) is 23.3 Å². The monoisotopic (exact) mass is 291 g/mol. The molecular formula is C12H9F4NO3. The second-order valence-corrected chi connectivity index (χ2v) is 3.98. The molecule has 0 atom stereocenters. The first-order valence-electron chi connectivity index (χ1n) is 5.46. The summed E-state index contributed by atoms with van der Waals surface area (Å²) in [6, 6.07) is 3.24. The fourth-order valence-electron chi connectivity index (χ4n) is 1.65. The first kappa shape index (κ1) is 14.3. The molecule has 0 bridgehead atoms. The quantitative estimate of drug-likeness (QED) is 0.697. The van der Waals surface area contributed by atoms with Crippen LogP contribution in [0.25, 0.3) is 11.0 Å². The number of fused-ring (bicyclic) bond motifs is 1. The molecule has 0 radical (unpaired) electrons. The van der Waals surface area contributed by atoms with Gasteiger partial charge in [-0.3, -0.25) is 0 Å². The second-order valence-electron chi connectivity index (χ2n) is 3.98. The maximum Gasteiger partial charge on any atom is 0.422 e. The molecule has 0 amide bonds. The van der Waals surface area contributed by atoms with E-state index in [0.717, 1.165) is 12.1 Å². The van der Waals surface area contributed by atoms with Crippen LogP contribution in [0.15, 0.2) is 22.6 Å². The number of hydrogen-bond donors (Lipinski definition) is 1. The van der Waals surface area contributed by atoms with E-state index in [1.54, 1.807) is 0 Å². The van der Waals surface area contributed by atoms with Gasteiger partial charge in [0.1, 0.15) is 22.7 Å². The maximum absolute atomic E-state index is 13.3. The molecule has 0 fully saturated rings. The standard InChI is InChI=1S/C12H9F4NO3/c13-7-1-6-2-8(4-17)20-10(6)9(3-7)11(18)19-5-12(14,15)16/h1-3H,4-5,17H2. The van der Waals surface area contributed by atoms with E-state index in [2.05, 4.69) is 4.74 Å². The molecule has 2 rings (SSSR count). The molecule has 0 saturated heterocycles. The lowest BCUT2D eigenvalue weighted by molar-refractivity contribution is -0.161. The molecule has 2 N–H and O–H groups in total. The summed E-state index contributed by atoms with van der Waals surface area (Å²) in [7, 11) is 0. The van der Waals surface area contributed by atoms with Gasteiger partial charge in [-0.15, -0.1) is 0 Å². The van der Waals surface area contributed by atoms with Gasteiger partial charge < -0.3 is 14.9 Å². The predicted octanol–water partition coefficient (Wildman–Crippen LogP) is 2.75. The number of benzene rings is 1. The van der Waals surface area contributed by atoms with E-state index < -0.39 is 30.1 Å². The first-order chi connectivity index (χ1) is 9.30. The zero-order valence-corrected chi connectivity index (χ0v) is 9.96. The van der Waals surface area contributed by atoms with E-state index in [1.165, 1.54) is 6.07 Å². The van der Waals surface area contributed by atoms with Crippen LogP contribution < -0.4 is 5.73 Å². The van der Waals surface area contributed by atoms with E-state index in [1.807, 2.05) is 0 Å². The lowest BCUT2D eigenvalue weighted by Gasteiger charge is -2.08. The number of halogens is 4. The number of alkyl halides is 3. The van der Waals surface area contributed by atoms with Crippen molar-refractivity contribution in [3.8, 4) is 0 Å². The van der Waals surface area contributed by atoms with Crippen molar-refractivity contribution in [3.05, 3.63) is 35.3 Å². The summed E-state index contributed by atoms with van der Waals surface area (Å²) in [5.74, 6) is -1.83. The number of esters is 1. The molecule has 20 heavy (non-hydrogen) atoms. The number of hydrogen-bond acceptors (Lipinski definition) is 4. The van der Waals surface area contributed by atoms with Crippen molar-refractivity contribution in [2.75, 3.05) is 6.61 Å². The van der Waals surface area contributed by atoms with Crippen LogP contribution in [0.1, 0.15) is 16.1 Å². The van der Waals surface area contributed by atoms with Gasteiger partial charge in [0, 0.05) is 5.39 Å². The van der Waals surface area contributed by atoms with Crippen molar-refractivity contribution in [2.24, 2.45) is 5.73 Å². The van der Waals surface area contributed by atoms with E-state index >= 15 is 0 Å². The molecule has 0 aliphatic rings. The molecule has 0 aliphatic heterocycles. The van der Waals surface area contributed by atoms with E-state index in [9.17, 15) is 22.4 Å². The summed E-state index contributed by atoms with van der Waals surface area (Å²) in [5.41, 5.74) is 4.87. The number of rotatable bonds is 3. The van der Waals surface area contributed by atoms with Crippen molar-refractivity contribution in [3.63, 3.8) is 0 Å². The molecule has 0 aliphatic carbocycles. The van der Waals surface area contributed by atoms with Crippen LogP contribution in [-0.2, 0) is 11.3 Å². The van der Waals surface area contributed by atoms with Gasteiger partial charge in [0.05, 0.1) is 6.54 Å². The third-order valence-electron chi connectivity index (χ3n) is 2.42. The highest BCUT2D eigenvalue weighted by molar-refractivity contribution is 6.02. The Morgan fingerprint density at radius 3 is 2.60 bits per heavy atom. The Bertz CT molecular complexity index is 648. The molecule has 1 aromatic carbocycles. The lowest BCUT2D eigenvalue weighted by atomic mass is 10.1. The zero-order valence-electron chi connectivity index (χ0n) is 9.96. The highest BCUT2D eigenvalue weighted by Gasteiger charge is 2.30. The number of carbonyl (C=O) groups excluding carboxylic acids is 1.